The molecule has 2 N–H and O–H groups in total. The summed E-state index contributed by atoms with van der Waals surface area (Å²) in [5, 5.41) is 11.9. The monoisotopic (exact) mass is 328 g/mol. The van der Waals surface area contributed by atoms with E-state index < -0.39 is 6.04 Å². The molecule has 1 amide bonds. The van der Waals surface area contributed by atoms with E-state index in [4.69, 9.17) is 4.74 Å². The van der Waals surface area contributed by atoms with E-state index in [0.717, 1.165) is 16.9 Å². The molecule has 5 nitrogen and oxygen atoms in total. The molecular formula is C19H24N2O3. The maximum Gasteiger partial charge on any atom is 0.239 e. The van der Waals surface area contributed by atoms with Gasteiger partial charge in [0, 0.05) is 13.6 Å². The first-order chi connectivity index (χ1) is 11.6. The number of nitrogens with zero attached hydrogens (tertiary/aromatic N) is 1. The fourth-order valence-electron chi connectivity index (χ4n) is 2.42. The number of benzene rings is 2. The Morgan fingerprint density at radius 1 is 1.12 bits per heavy atom. The van der Waals surface area contributed by atoms with Gasteiger partial charge in [0.1, 0.15) is 18.4 Å². The Morgan fingerprint density at radius 3 is 2.38 bits per heavy atom. The van der Waals surface area contributed by atoms with E-state index in [1.54, 1.807) is 7.05 Å². The maximum absolute atomic E-state index is 11.7. The van der Waals surface area contributed by atoms with Crippen LogP contribution in [0.4, 0.5) is 0 Å². The van der Waals surface area contributed by atoms with Crippen molar-refractivity contribution in [3.05, 3.63) is 65.7 Å². The SMILES string of the molecule is CNC(=O)[C@@H](CO)N(C)Cc1ccc(OCc2ccccc2)cc1. The zero-order valence-electron chi connectivity index (χ0n) is 14.1. The third-order valence-corrected chi connectivity index (χ3v) is 3.86. The molecule has 24 heavy (non-hydrogen) atoms. The lowest BCUT2D eigenvalue weighted by atomic mass is 10.1. The zero-order valence-corrected chi connectivity index (χ0v) is 14.1. The van der Waals surface area contributed by atoms with Crippen molar-refractivity contribution < 1.29 is 14.6 Å². The quantitative estimate of drug-likeness (QED) is 0.776. The lowest BCUT2D eigenvalue weighted by molar-refractivity contribution is -0.127. The van der Waals surface area contributed by atoms with E-state index in [0.29, 0.717) is 13.2 Å². The number of ether oxygens (including phenoxy) is 1. The van der Waals surface area contributed by atoms with Crippen molar-refractivity contribution in [3.8, 4) is 5.75 Å². The Bertz CT molecular complexity index is 629. The van der Waals surface area contributed by atoms with Crippen molar-refractivity contribution in [1.82, 2.24) is 10.2 Å². The normalized spacial score (nSPS) is 12.0. The van der Waals surface area contributed by atoms with Gasteiger partial charge in [-0.05, 0) is 30.3 Å². The Morgan fingerprint density at radius 2 is 1.79 bits per heavy atom. The first-order valence-electron chi connectivity index (χ1n) is 7.92. The fourth-order valence-corrected chi connectivity index (χ4v) is 2.42. The number of nitrogens with one attached hydrogen (secondary N) is 1. The van der Waals surface area contributed by atoms with Crippen LogP contribution in [-0.4, -0.2) is 42.7 Å². The van der Waals surface area contributed by atoms with Crippen LogP contribution in [0.2, 0.25) is 0 Å². The molecule has 0 aromatic heterocycles. The molecule has 0 heterocycles. The molecule has 0 saturated carbocycles. The lowest BCUT2D eigenvalue weighted by Gasteiger charge is -2.25. The fraction of sp³-hybridized carbons (Fsp3) is 0.316. The van der Waals surface area contributed by atoms with Crippen LogP contribution in [0.1, 0.15) is 11.1 Å². The van der Waals surface area contributed by atoms with Crippen LogP contribution in [-0.2, 0) is 17.9 Å². The van der Waals surface area contributed by atoms with Crippen LogP contribution in [0.5, 0.6) is 5.75 Å². The molecule has 0 fully saturated rings. The molecule has 2 aromatic carbocycles. The minimum atomic E-state index is -0.552. The number of aliphatic hydroxyl groups is 1. The van der Waals surface area contributed by atoms with Crippen molar-refractivity contribution in [1.29, 1.82) is 0 Å². The topological polar surface area (TPSA) is 61.8 Å². The number of rotatable bonds is 8. The van der Waals surface area contributed by atoms with Crippen molar-refractivity contribution in [2.75, 3.05) is 20.7 Å². The predicted molar refractivity (Wildman–Crippen MR) is 93.6 cm³/mol. The first-order valence-corrected chi connectivity index (χ1v) is 7.92. The van der Waals surface area contributed by atoms with Gasteiger partial charge in [-0.1, -0.05) is 42.5 Å². The van der Waals surface area contributed by atoms with Crippen molar-refractivity contribution >= 4 is 5.91 Å². The van der Waals surface area contributed by atoms with E-state index in [-0.39, 0.29) is 12.5 Å². The molecule has 5 heteroatoms. The Balaban J connectivity index is 1.90. The van der Waals surface area contributed by atoms with Gasteiger partial charge in [0.15, 0.2) is 0 Å². The van der Waals surface area contributed by atoms with Crippen LogP contribution in [0.3, 0.4) is 0 Å². The third kappa shape index (κ3) is 5.08. The summed E-state index contributed by atoms with van der Waals surface area (Å²) in [6.07, 6.45) is 0. The van der Waals surface area contributed by atoms with Gasteiger partial charge >= 0.3 is 0 Å². The predicted octanol–water partition coefficient (Wildman–Crippen LogP) is 1.80. The third-order valence-electron chi connectivity index (χ3n) is 3.86. The number of carbonyl (C=O) groups excluding carboxylic acids is 1. The van der Waals surface area contributed by atoms with Crippen LogP contribution in [0.25, 0.3) is 0 Å². The summed E-state index contributed by atoms with van der Waals surface area (Å²) in [7, 11) is 3.38. The van der Waals surface area contributed by atoms with Gasteiger partial charge in [-0.2, -0.15) is 0 Å². The first kappa shape index (κ1) is 18.0. The van der Waals surface area contributed by atoms with E-state index in [2.05, 4.69) is 5.32 Å². The van der Waals surface area contributed by atoms with Gasteiger partial charge in [-0.15, -0.1) is 0 Å². The molecule has 1 atom stereocenters. The van der Waals surface area contributed by atoms with Crippen LogP contribution >= 0.6 is 0 Å². The average molecular weight is 328 g/mol. The molecule has 0 aliphatic carbocycles. The highest BCUT2D eigenvalue weighted by Gasteiger charge is 2.21. The number of likely N-dealkylation sites (N-methyl/N-ethyl adjacent to an activating group) is 2. The minimum Gasteiger partial charge on any atom is -0.489 e. The molecule has 0 bridgehead atoms. The van der Waals surface area contributed by atoms with Crippen molar-refractivity contribution in [2.24, 2.45) is 0 Å². The summed E-state index contributed by atoms with van der Waals surface area (Å²) in [6, 6.07) is 17.2. The summed E-state index contributed by atoms with van der Waals surface area (Å²) >= 11 is 0. The highest BCUT2D eigenvalue weighted by Crippen LogP contribution is 2.16. The van der Waals surface area contributed by atoms with Crippen molar-refractivity contribution in [2.45, 2.75) is 19.2 Å². The molecule has 0 unspecified atom stereocenters. The Labute approximate surface area is 142 Å². The second kappa shape index (κ2) is 9.05. The van der Waals surface area contributed by atoms with Gasteiger partial charge in [0.25, 0.3) is 0 Å². The Hall–Kier alpha value is -2.37. The number of hydrogen-bond donors (Lipinski definition) is 2. The van der Waals surface area contributed by atoms with Gasteiger partial charge in [-0.25, -0.2) is 0 Å². The second-order valence-electron chi connectivity index (χ2n) is 5.65. The molecule has 0 aliphatic heterocycles. The summed E-state index contributed by atoms with van der Waals surface area (Å²) < 4.78 is 5.76. The van der Waals surface area contributed by atoms with Crippen LogP contribution in [0, 0.1) is 0 Å². The molecule has 0 aliphatic rings. The lowest BCUT2D eigenvalue weighted by Crippen LogP contribution is -2.46. The number of carbonyl (C=O) groups is 1. The van der Waals surface area contributed by atoms with Gasteiger partial charge in [0.05, 0.1) is 6.61 Å². The van der Waals surface area contributed by atoms with Crippen molar-refractivity contribution in [3.63, 3.8) is 0 Å². The smallest absolute Gasteiger partial charge is 0.239 e. The highest BCUT2D eigenvalue weighted by molar-refractivity contribution is 5.81. The molecule has 0 radical (unpaired) electrons. The molecule has 0 spiro atoms. The molecule has 0 saturated heterocycles. The largest absolute Gasteiger partial charge is 0.489 e. The number of aliphatic hydroxyl groups excluding tert-OH is 1. The van der Waals surface area contributed by atoms with E-state index in [1.165, 1.54) is 0 Å². The van der Waals surface area contributed by atoms with Gasteiger partial charge in [-0.3, -0.25) is 9.69 Å². The molecule has 2 rings (SSSR count). The highest BCUT2D eigenvalue weighted by atomic mass is 16.5. The number of amides is 1. The summed E-state index contributed by atoms with van der Waals surface area (Å²) in [6.45, 7) is 0.884. The second-order valence-corrected chi connectivity index (χ2v) is 5.65. The molecular weight excluding hydrogens is 304 g/mol. The zero-order chi connectivity index (χ0) is 17.4. The van der Waals surface area contributed by atoms with Gasteiger partial charge in [0.2, 0.25) is 5.91 Å². The van der Waals surface area contributed by atoms with E-state index in [9.17, 15) is 9.90 Å². The standard InChI is InChI=1S/C19H24N2O3/c1-20-19(23)18(13-22)21(2)12-15-8-10-17(11-9-15)24-14-16-6-4-3-5-7-16/h3-11,18,22H,12-14H2,1-2H3,(H,20,23)/t18-/m1/s1. The number of hydrogen-bond acceptors (Lipinski definition) is 4. The summed E-state index contributed by atoms with van der Waals surface area (Å²) in [5.74, 6) is 0.609. The van der Waals surface area contributed by atoms with Crippen LogP contribution in [0.15, 0.2) is 54.6 Å². The molecule has 128 valence electrons. The minimum absolute atomic E-state index is 0.192. The summed E-state index contributed by atoms with van der Waals surface area (Å²) in [5.41, 5.74) is 2.17. The average Bonchev–Trinajstić information content (AvgIpc) is 2.62. The maximum atomic E-state index is 11.7. The summed E-state index contributed by atoms with van der Waals surface area (Å²) in [4.78, 5) is 13.5. The molecule has 2 aromatic rings. The Kier molecular flexibility index (Phi) is 6.78. The van der Waals surface area contributed by atoms with E-state index >= 15 is 0 Å². The van der Waals surface area contributed by atoms with E-state index in [1.807, 2.05) is 66.5 Å². The van der Waals surface area contributed by atoms with Crippen LogP contribution < -0.4 is 10.1 Å². The van der Waals surface area contributed by atoms with Gasteiger partial charge < -0.3 is 15.2 Å².